The van der Waals surface area contributed by atoms with Gasteiger partial charge in [0.1, 0.15) is 17.8 Å². The van der Waals surface area contributed by atoms with Gasteiger partial charge in [0.25, 0.3) is 0 Å². The molecular formula is C19H21ClFN3O3. The highest BCUT2D eigenvalue weighted by molar-refractivity contribution is 5.93. The molecule has 144 valence electrons. The van der Waals surface area contributed by atoms with Gasteiger partial charge in [-0.05, 0) is 25.0 Å². The van der Waals surface area contributed by atoms with Gasteiger partial charge in [-0.3, -0.25) is 4.79 Å². The molecule has 0 aliphatic rings. The number of hydrogen-bond donors (Lipinski definition) is 1. The van der Waals surface area contributed by atoms with E-state index in [2.05, 4.69) is 14.7 Å². The van der Waals surface area contributed by atoms with Gasteiger partial charge in [0.2, 0.25) is 5.89 Å². The highest BCUT2D eigenvalue weighted by Crippen LogP contribution is 2.26. The van der Waals surface area contributed by atoms with E-state index < -0.39 is 0 Å². The average molecular weight is 394 g/mol. The summed E-state index contributed by atoms with van der Waals surface area (Å²) in [5.74, 6) is 0.375. The molecule has 0 saturated carbocycles. The van der Waals surface area contributed by atoms with E-state index in [4.69, 9.17) is 10.2 Å². The Morgan fingerprint density at radius 1 is 1.19 bits per heavy atom. The molecular weight excluding hydrogens is 373 g/mol. The molecule has 27 heavy (non-hydrogen) atoms. The van der Waals surface area contributed by atoms with Crippen LogP contribution in [0.5, 0.6) is 0 Å². The van der Waals surface area contributed by atoms with Crippen molar-refractivity contribution in [3.8, 4) is 11.3 Å². The van der Waals surface area contributed by atoms with Crippen LogP contribution in [0.4, 0.5) is 4.39 Å². The van der Waals surface area contributed by atoms with Crippen LogP contribution < -0.4 is 5.73 Å². The zero-order chi connectivity index (χ0) is 18.4. The first-order valence-electron chi connectivity index (χ1n) is 8.55. The minimum Gasteiger partial charge on any atom is -0.439 e. The summed E-state index contributed by atoms with van der Waals surface area (Å²) in [5, 5.41) is 3.62. The third-order valence-corrected chi connectivity index (χ3v) is 4.12. The van der Waals surface area contributed by atoms with E-state index >= 15 is 0 Å². The second-order valence-electron chi connectivity index (χ2n) is 6.06. The van der Waals surface area contributed by atoms with E-state index in [1.807, 2.05) is 0 Å². The minimum atomic E-state index is -0.361. The van der Waals surface area contributed by atoms with Crippen LogP contribution >= 0.6 is 12.4 Å². The van der Waals surface area contributed by atoms with Crippen molar-refractivity contribution >= 4 is 18.2 Å². The van der Waals surface area contributed by atoms with Gasteiger partial charge < -0.3 is 14.7 Å². The molecule has 8 heteroatoms. The molecule has 0 fully saturated rings. The maximum Gasteiger partial charge on any atom is 0.211 e. The Labute approximate surface area is 162 Å². The lowest BCUT2D eigenvalue weighted by atomic mass is 10.1. The summed E-state index contributed by atoms with van der Waals surface area (Å²) in [5.41, 5.74) is 6.83. The second-order valence-corrected chi connectivity index (χ2v) is 6.06. The molecule has 0 saturated heterocycles. The summed E-state index contributed by atoms with van der Waals surface area (Å²) in [6.07, 6.45) is 6.43. The van der Waals surface area contributed by atoms with Gasteiger partial charge >= 0.3 is 0 Å². The van der Waals surface area contributed by atoms with Crippen molar-refractivity contribution in [1.29, 1.82) is 0 Å². The number of nitrogens with zero attached hydrogens (tertiary/aromatic N) is 2. The minimum absolute atomic E-state index is 0. The van der Waals surface area contributed by atoms with Crippen molar-refractivity contribution in [3.63, 3.8) is 0 Å². The molecule has 0 spiro atoms. The Bertz CT molecular complexity index is 852. The lowest BCUT2D eigenvalue weighted by Crippen LogP contribution is -2.10. The Hall–Kier alpha value is -2.51. The number of oxazole rings is 1. The van der Waals surface area contributed by atoms with Crippen LogP contribution in [-0.4, -0.2) is 15.9 Å². The average Bonchev–Trinajstić information content (AvgIpc) is 3.33. The number of unbranched alkanes of at least 4 members (excludes halogenated alkanes) is 2. The molecule has 1 atom stereocenters. The van der Waals surface area contributed by atoms with Crippen LogP contribution in [-0.2, 0) is 0 Å². The fraction of sp³-hybridized carbons (Fsp3) is 0.316. The van der Waals surface area contributed by atoms with Gasteiger partial charge in [-0.15, -0.1) is 12.4 Å². The van der Waals surface area contributed by atoms with E-state index in [9.17, 15) is 9.18 Å². The molecule has 3 aromatic rings. The molecule has 1 aromatic carbocycles. The van der Waals surface area contributed by atoms with Gasteiger partial charge in [0, 0.05) is 12.5 Å². The van der Waals surface area contributed by atoms with Gasteiger partial charge in [0.05, 0.1) is 17.8 Å². The third-order valence-electron chi connectivity index (χ3n) is 4.12. The summed E-state index contributed by atoms with van der Waals surface area (Å²) in [4.78, 5) is 15.9. The van der Waals surface area contributed by atoms with Crippen LogP contribution in [0.3, 0.4) is 0 Å². The van der Waals surface area contributed by atoms with Crippen molar-refractivity contribution in [2.75, 3.05) is 0 Å². The smallest absolute Gasteiger partial charge is 0.211 e. The van der Waals surface area contributed by atoms with E-state index in [0.29, 0.717) is 35.7 Å². The largest absolute Gasteiger partial charge is 0.439 e. The molecule has 3 rings (SSSR count). The number of ketones is 1. The fourth-order valence-corrected chi connectivity index (χ4v) is 2.68. The summed E-state index contributed by atoms with van der Waals surface area (Å²) in [6, 6.07) is 7.57. The standard InChI is InChI=1S/C19H20FN3O3.ClH/c20-14-7-5-4-6-13(14)18-12-22-19(26-18)15(21)8-2-1-3-9-17(24)16-10-11-25-23-16;/h4-7,10-12,15H,1-3,8-9,21H2;1H/t15-;/m0./s1. The number of aromatic nitrogens is 2. The van der Waals surface area contributed by atoms with E-state index in [1.165, 1.54) is 18.5 Å². The molecule has 0 aliphatic carbocycles. The SMILES string of the molecule is Cl.N[C@@H](CCCCCC(=O)c1ccon1)c1ncc(-c2ccccc2F)o1. The van der Waals surface area contributed by atoms with Gasteiger partial charge in [-0.1, -0.05) is 30.1 Å². The molecule has 0 aliphatic heterocycles. The monoisotopic (exact) mass is 393 g/mol. The Kier molecular flexibility index (Phi) is 7.69. The normalized spacial score (nSPS) is 11.8. The van der Waals surface area contributed by atoms with Gasteiger partial charge in [0.15, 0.2) is 11.5 Å². The second kappa shape index (κ2) is 9.99. The first-order valence-corrected chi connectivity index (χ1v) is 8.55. The number of halogens is 2. The number of carbonyl (C=O) groups is 1. The third kappa shape index (κ3) is 5.48. The summed E-state index contributed by atoms with van der Waals surface area (Å²) >= 11 is 0. The van der Waals surface area contributed by atoms with E-state index in [1.54, 1.807) is 24.3 Å². The lowest BCUT2D eigenvalue weighted by Gasteiger charge is -2.07. The lowest BCUT2D eigenvalue weighted by molar-refractivity contribution is 0.0970. The quantitative estimate of drug-likeness (QED) is 0.417. The fourth-order valence-electron chi connectivity index (χ4n) is 2.68. The highest BCUT2D eigenvalue weighted by atomic mass is 35.5. The predicted octanol–water partition coefficient (Wildman–Crippen LogP) is 4.72. The number of nitrogens with two attached hydrogens (primary N) is 1. The Balaban J connectivity index is 0.00000261. The van der Waals surface area contributed by atoms with Crippen LogP contribution in [0.1, 0.15) is 54.5 Å². The number of carbonyl (C=O) groups excluding carboxylic acids is 1. The van der Waals surface area contributed by atoms with Crippen molar-refractivity contribution in [1.82, 2.24) is 10.1 Å². The van der Waals surface area contributed by atoms with Gasteiger partial charge in [-0.2, -0.15) is 0 Å². The number of rotatable bonds is 9. The summed E-state index contributed by atoms with van der Waals surface area (Å²) in [7, 11) is 0. The van der Waals surface area contributed by atoms with Crippen LogP contribution in [0.2, 0.25) is 0 Å². The van der Waals surface area contributed by atoms with Crippen molar-refractivity contribution in [2.45, 2.75) is 38.1 Å². The van der Waals surface area contributed by atoms with Crippen LogP contribution in [0, 0.1) is 5.82 Å². The summed E-state index contributed by atoms with van der Waals surface area (Å²) < 4.78 is 24.0. The number of hydrogen-bond acceptors (Lipinski definition) is 6. The van der Waals surface area contributed by atoms with Crippen molar-refractivity contribution < 1.29 is 18.1 Å². The number of benzene rings is 1. The summed E-state index contributed by atoms with van der Waals surface area (Å²) in [6.45, 7) is 0. The van der Waals surface area contributed by atoms with E-state index in [0.717, 1.165) is 19.3 Å². The van der Waals surface area contributed by atoms with Crippen LogP contribution in [0.25, 0.3) is 11.3 Å². The molecule has 2 aromatic heterocycles. The zero-order valence-corrected chi connectivity index (χ0v) is 15.5. The Morgan fingerprint density at radius 3 is 2.74 bits per heavy atom. The first-order chi connectivity index (χ1) is 12.6. The number of Topliss-reactive ketones (excluding diaryl/α,β-unsaturated/α-hetero) is 1. The Morgan fingerprint density at radius 2 is 2.00 bits per heavy atom. The molecule has 0 unspecified atom stereocenters. The maximum absolute atomic E-state index is 13.8. The zero-order valence-electron chi connectivity index (χ0n) is 14.6. The molecule has 0 amide bonds. The molecule has 0 bridgehead atoms. The van der Waals surface area contributed by atoms with Crippen molar-refractivity contribution in [3.05, 3.63) is 60.2 Å². The highest BCUT2D eigenvalue weighted by Gasteiger charge is 2.16. The predicted molar refractivity (Wildman–Crippen MR) is 100.0 cm³/mol. The van der Waals surface area contributed by atoms with Gasteiger partial charge in [-0.25, -0.2) is 9.37 Å². The van der Waals surface area contributed by atoms with E-state index in [-0.39, 0.29) is 30.0 Å². The molecule has 6 nitrogen and oxygen atoms in total. The maximum atomic E-state index is 13.8. The first kappa shape index (κ1) is 20.8. The molecule has 2 heterocycles. The topological polar surface area (TPSA) is 95.2 Å². The van der Waals surface area contributed by atoms with Crippen LogP contribution in [0.15, 0.2) is 51.7 Å². The molecule has 2 N–H and O–H groups in total. The van der Waals surface area contributed by atoms with Crippen molar-refractivity contribution in [2.24, 2.45) is 5.73 Å². The molecule has 0 radical (unpaired) electrons.